The van der Waals surface area contributed by atoms with Crippen molar-refractivity contribution in [1.82, 2.24) is 15.3 Å². The van der Waals surface area contributed by atoms with E-state index in [1.807, 2.05) is 32.0 Å². The van der Waals surface area contributed by atoms with Crippen LogP contribution < -0.4 is 15.5 Å². The summed E-state index contributed by atoms with van der Waals surface area (Å²) in [6, 6.07) is 11.3. The smallest absolute Gasteiger partial charge is 0.251 e. The number of aryl methyl sites for hydroxylation is 1. The van der Waals surface area contributed by atoms with Gasteiger partial charge in [0, 0.05) is 43.5 Å². The monoisotopic (exact) mass is 378 g/mol. The van der Waals surface area contributed by atoms with Crippen LogP contribution in [-0.2, 0) is 0 Å². The van der Waals surface area contributed by atoms with Gasteiger partial charge in [-0.25, -0.2) is 4.98 Å². The maximum Gasteiger partial charge on any atom is 0.251 e. The minimum Gasteiger partial charge on any atom is -0.363 e. The Hall–Kier alpha value is -3.14. The summed E-state index contributed by atoms with van der Waals surface area (Å²) in [6.45, 7) is 1.97. The molecule has 0 spiro atoms. The molecular weight excluding hydrogens is 352 g/mol. The predicted molar refractivity (Wildman–Crippen MR) is 109 cm³/mol. The van der Waals surface area contributed by atoms with Gasteiger partial charge >= 0.3 is 0 Å². The summed E-state index contributed by atoms with van der Waals surface area (Å²) < 4.78 is 0. The zero-order chi connectivity index (χ0) is 20.1. The normalized spacial score (nSPS) is 18.8. The highest BCUT2D eigenvalue weighted by molar-refractivity contribution is 5.94. The van der Waals surface area contributed by atoms with Crippen LogP contribution in [0.5, 0.6) is 0 Å². The molecular formula is C21H26N6O. The van der Waals surface area contributed by atoms with Crippen molar-refractivity contribution in [3.63, 3.8) is 0 Å². The zero-order valence-electron chi connectivity index (χ0n) is 16.6. The third-order valence-corrected chi connectivity index (χ3v) is 4.95. The summed E-state index contributed by atoms with van der Waals surface area (Å²) in [5, 5.41) is 15.5. The largest absolute Gasteiger partial charge is 0.363 e. The van der Waals surface area contributed by atoms with Crippen molar-refractivity contribution in [2.75, 3.05) is 24.3 Å². The van der Waals surface area contributed by atoms with E-state index in [-0.39, 0.29) is 11.9 Å². The van der Waals surface area contributed by atoms with Crippen LogP contribution in [0.25, 0.3) is 0 Å². The average molecular weight is 378 g/mol. The van der Waals surface area contributed by atoms with Crippen molar-refractivity contribution < 1.29 is 4.79 Å². The van der Waals surface area contributed by atoms with Crippen molar-refractivity contribution in [1.29, 1.82) is 5.26 Å². The predicted octanol–water partition coefficient (Wildman–Crippen LogP) is 2.88. The Balaban J connectivity index is 1.53. The number of rotatable bonds is 5. The molecule has 146 valence electrons. The van der Waals surface area contributed by atoms with Crippen molar-refractivity contribution in [2.24, 2.45) is 0 Å². The second-order valence-corrected chi connectivity index (χ2v) is 7.44. The number of nitrogens with zero attached hydrogens (tertiary/aromatic N) is 4. The topological polar surface area (TPSA) is 93.9 Å². The summed E-state index contributed by atoms with van der Waals surface area (Å²) in [7, 11) is 3.93. The molecule has 0 bridgehead atoms. The SMILES string of the molecule is Cc1cc(N(C)C)nc(NC2CCC(NC(=O)c3cccc(C#N)c3)CC2)n1. The number of hydrogen-bond donors (Lipinski definition) is 2. The molecule has 0 unspecified atom stereocenters. The fourth-order valence-electron chi connectivity index (χ4n) is 3.41. The number of nitrogens with one attached hydrogen (secondary N) is 2. The maximum absolute atomic E-state index is 12.4. The number of anilines is 2. The Bertz CT molecular complexity index is 881. The van der Waals surface area contributed by atoms with Gasteiger partial charge in [-0.2, -0.15) is 10.2 Å². The van der Waals surface area contributed by atoms with E-state index in [2.05, 4.69) is 26.7 Å². The lowest BCUT2D eigenvalue weighted by Crippen LogP contribution is -2.40. The van der Waals surface area contributed by atoms with Crippen LogP contribution in [0, 0.1) is 18.3 Å². The van der Waals surface area contributed by atoms with E-state index in [4.69, 9.17) is 5.26 Å². The molecule has 1 fully saturated rings. The fraction of sp³-hybridized carbons (Fsp3) is 0.429. The van der Waals surface area contributed by atoms with Gasteiger partial charge in [0.1, 0.15) is 5.82 Å². The number of aromatic nitrogens is 2. The molecule has 3 rings (SSSR count). The standard InChI is InChI=1S/C21H26N6O/c1-14-11-19(27(2)3)26-21(23-14)25-18-9-7-17(8-10-18)24-20(28)16-6-4-5-15(12-16)13-22/h4-6,11-12,17-18H,7-10H2,1-3H3,(H,24,28)(H,23,25,26). The van der Waals surface area contributed by atoms with Gasteiger partial charge in [-0.3, -0.25) is 4.79 Å². The highest BCUT2D eigenvalue weighted by atomic mass is 16.1. The quantitative estimate of drug-likeness (QED) is 0.831. The summed E-state index contributed by atoms with van der Waals surface area (Å²) in [5.74, 6) is 1.42. The van der Waals surface area contributed by atoms with Crippen LogP contribution in [0.4, 0.5) is 11.8 Å². The van der Waals surface area contributed by atoms with E-state index in [0.29, 0.717) is 23.1 Å². The Morgan fingerprint density at radius 1 is 1.14 bits per heavy atom. The number of nitriles is 1. The minimum absolute atomic E-state index is 0.119. The molecule has 2 N–H and O–H groups in total. The van der Waals surface area contributed by atoms with E-state index >= 15 is 0 Å². The Morgan fingerprint density at radius 3 is 2.54 bits per heavy atom. The first-order valence-corrected chi connectivity index (χ1v) is 9.55. The van der Waals surface area contributed by atoms with Gasteiger partial charge in [0.2, 0.25) is 5.95 Å². The number of carbonyl (C=O) groups is 1. The summed E-state index contributed by atoms with van der Waals surface area (Å²) >= 11 is 0. The highest BCUT2D eigenvalue weighted by Gasteiger charge is 2.23. The lowest BCUT2D eigenvalue weighted by molar-refractivity contribution is 0.0926. The van der Waals surface area contributed by atoms with Gasteiger partial charge in [0.15, 0.2) is 0 Å². The molecule has 1 aliphatic carbocycles. The minimum atomic E-state index is -0.119. The molecule has 7 nitrogen and oxygen atoms in total. The Labute approximate surface area is 165 Å². The molecule has 7 heteroatoms. The van der Waals surface area contributed by atoms with Crippen LogP contribution in [0.1, 0.15) is 47.3 Å². The van der Waals surface area contributed by atoms with Gasteiger partial charge in [0.05, 0.1) is 11.6 Å². The number of benzene rings is 1. The van der Waals surface area contributed by atoms with Crippen LogP contribution in [0.3, 0.4) is 0 Å². The van der Waals surface area contributed by atoms with Crippen molar-refractivity contribution in [3.8, 4) is 6.07 Å². The van der Waals surface area contributed by atoms with Crippen LogP contribution >= 0.6 is 0 Å². The summed E-state index contributed by atoms with van der Waals surface area (Å²) in [5.41, 5.74) is 1.96. The molecule has 0 aliphatic heterocycles. The van der Waals surface area contributed by atoms with Crippen molar-refractivity contribution >= 4 is 17.7 Å². The second kappa shape index (κ2) is 8.70. The molecule has 1 aliphatic rings. The van der Waals surface area contributed by atoms with Crippen LogP contribution in [-0.4, -0.2) is 42.1 Å². The van der Waals surface area contributed by atoms with E-state index in [1.165, 1.54) is 0 Å². The number of carbonyl (C=O) groups excluding carboxylic acids is 1. The Kier molecular flexibility index (Phi) is 6.09. The first-order valence-electron chi connectivity index (χ1n) is 9.55. The molecule has 1 amide bonds. The maximum atomic E-state index is 12.4. The number of amides is 1. The van der Waals surface area contributed by atoms with Gasteiger partial charge in [-0.15, -0.1) is 0 Å². The van der Waals surface area contributed by atoms with Gasteiger partial charge in [-0.05, 0) is 50.8 Å². The lowest BCUT2D eigenvalue weighted by atomic mass is 9.91. The van der Waals surface area contributed by atoms with Crippen LogP contribution in [0.15, 0.2) is 30.3 Å². The van der Waals surface area contributed by atoms with E-state index in [1.54, 1.807) is 24.3 Å². The summed E-state index contributed by atoms with van der Waals surface area (Å²) in [6.07, 6.45) is 3.68. The molecule has 1 aromatic heterocycles. The highest BCUT2D eigenvalue weighted by Crippen LogP contribution is 2.22. The van der Waals surface area contributed by atoms with Crippen molar-refractivity contribution in [2.45, 2.75) is 44.7 Å². The molecule has 2 aromatic rings. The molecule has 28 heavy (non-hydrogen) atoms. The zero-order valence-corrected chi connectivity index (χ0v) is 16.6. The third kappa shape index (κ3) is 4.97. The molecule has 1 heterocycles. The average Bonchev–Trinajstić information content (AvgIpc) is 2.69. The molecule has 1 aromatic carbocycles. The van der Waals surface area contributed by atoms with E-state index in [9.17, 15) is 4.79 Å². The second-order valence-electron chi connectivity index (χ2n) is 7.44. The molecule has 1 saturated carbocycles. The van der Waals surface area contributed by atoms with Gasteiger partial charge in [0.25, 0.3) is 5.91 Å². The first kappa shape index (κ1) is 19.6. The van der Waals surface area contributed by atoms with E-state index in [0.717, 1.165) is 37.2 Å². The molecule has 0 atom stereocenters. The van der Waals surface area contributed by atoms with Crippen molar-refractivity contribution in [3.05, 3.63) is 47.2 Å². The van der Waals surface area contributed by atoms with Crippen LogP contribution in [0.2, 0.25) is 0 Å². The lowest BCUT2D eigenvalue weighted by Gasteiger charge is -2.30. The molecule has 0 saturated heterocycles. The number of hydrogen-bond acceptors (Lipinski definition) is 6. The fourth-order valence-corrected chi connectivity index (χ4v) is 3.41. The van der Waals surface area contributed by atoms with Gasteiger partial charge in [-0.1, -0.05) is 6.07 Å². The first-order chi connectivity index (χ1) is 13.4. The van der Waals surface area contributed by atoms with E-state index < -0.39 is 0 Å². The van der Waals surface area contributed by atoms with Gasteiger partial charge < -0.3 is 15.5 Å². The summed E-state index contributed by atoms with van der Waals surface area (Å²) in [4.78, 5) is 23.4. The Morgan fingerprint density at radius 2 is 1.86 bits per heavy atom. The third-order valence-electron chi connectivity index (χ3n) is 4.95. The molecule has 0 radical (unpaired) electrons.